The van der Waals surface area contributed by atoms with Crippen molar-refractivity contribution in [3.8, 4) is 0 Å². The van der Waals surface area contributed by atoms with Crippen molar-refractivity contribution in [2.45, 2.75) is 20.4 Å². The first-order chi connectivity index (χ1) is 6.75. The van der Waals surface area contributed by atoms with Crippen LogP contribution in [0.1, 0.15) is 16.7 Å². The summed E-state index contributed by atoms with van der Waals surface area (Å²) in [5.41, 5.74) is 4.18. The van der Waals surface area contributed by atoms with Crippen LogP contribution in [0.2, 0.25) is 0 Å². The topological polar surface area (TPSA) is 24.1 Å². The van der Waals surface area contributed by atoms with E-state index in [1.165, 1.54) is 16.7 Å². The van der Waals surface area contributed by atoms with Gasteiger partial charge in [-0.1, -0.05) is 18.2 Å². The molecule has 0 amide bonds. The minimum absolute atomic E-state index is 0.967. The van der Waals surface area contributed by atoms with Crippen molar-refractivity contribution in [3.63, 3.8) is 0 Å². The predicted molar refractivity (Wildman–Crippen MR) is 61.5 cm³/mol. The number of rotatable bonds is 5. The highest BCUT2D eigenvalue weighted by Gasteiger charge is 1.98. The Hall–Kier alpha value is -0.860. The van der Waals surface area contributed by atoms with Gasteiger partial charge in [0, 0.05) is 19.6 Å². The molecule has 1 aromatic carbocycles. The maximum absolute atomic E-state index is 3.41. The van der Waals surface area contributed by atoms with E-state index in [9.17, 15) is 0 Å². The molecule has 0 saturated carbocycles. The smallest absolute Gasteiger partial charge is 0.0208 e. The lowest BCUT2D eigenvalue weighted by Gasteiger charge is -2.09. The number of hydrogen-bond acceptors (Lipinski definition) is 2. The van der Waals surface area contributed by atoms with Gasteiger partial charge in [-0.05, 0) is 37.6 Å². The molecule has 0 spiro atoms. The van der Waals surface area contributed by atoms with Crippen LogP contribution in [0.25, 0.3) is 0 Å². The van der Waals surface area contributed by atoms with E-state index in [-0.39, 0.29) is 0 Å². The second kappa shape index (κ2) is 5.78. The van der Waals surface area contributed by atoms with Crippen molar-refractivity contribution in [1.29, 1.82) is 0 Å². The third-order valence-corrected chi connectivity index (χ3v) is 2.58. The highest BCUT2D eigenvalue weighted by molar-refractivity contribution is 5.32. The van der Waals surface area contributed by atoms with Gasteiger partial charge in [-0.3, -0.25) is 0 Å². The summed E-state index contributed by atoms with van der Waals surface area (Å²) in [7, 11) is 1.97. The van der Waals surface area contributed by atoms with Gasteiger partial charge in [-0.25, -0.2) is 0 Å². The van der Waals surface area contributed by atoms with Crippen molar-refractivity contribution in [1.82, 2.24) is 10.6 Å². The minimum Gasteiger partial charge on any atom is -0.318 e. The average Bonchev–Trinajstić information content (AvgIpc) is 2.19. The van der Waals surface area contributed by atoms with E-state index in [1.54, 1.807) is 0 Å². The van der Waals surface area contributed by atoms with Gasteiger partial charge in [0.25, 0.3) is 0 Å². The van der Waals surface area contributed by atoms with Crippen molar-refractivity contribution < 1.29 is 0 Å². The maximum atomic E-state index is 3.41. The monoisotopic (exact) mass is 192 g/mol. The fourth-order valence-electron chi connectivity index (χ4n) is 1.44. The third-order valence-electron chi connectivity index (χ3n) is 2.58. The van der Waals surface area contributed by atoms with E-state index in [4.69, 9.17) is 0 Å². The highest BCUT2D eigenvalue weighted by atomic mass is 14.9. The van der Waals surface area contributed by atoms with Gasteiger partial charge < -0.3 is 10.6 Å². The molecular formula is C12H20N2. The van der Waals surface area contributed by atoms with Crippen LogP contribution in [-0.4, -0.2) is 20.1 Å². The van der Waals surface area contributed by atoms with Crippen molar-refractivity contribution in [2.24, 2.45) is 0 Å². The molecule has 0 saturated heterocycles. The molecule has 2 nitrogen and oxygen atoms in total. The molecule has 0 unspecified atom stereocenters. The molecule has 0 fully saturated rings. The van der Waals surface area contributed by atoms with Crippen molar-refractivity contribution in [2.75, 3.05) is 20.1 Å². The Balaban J connectivity index is 2.46. The van der Waals surface area contributed by atoms with Crippen LogP contribution < -0.4 is 10.6 Å². The van der Waals surface area contributed by atoms with E-state index in [2.05, 4.69) is 42.7 Å². The van der Waals surface area contributed by atoms with Crippen LogP contribution in [0.4, 0.5) is 0 Å². The molecule has 2 heteroatoms. The lowest BCUT2D eigenvalue weighted by molar-refractivity contribution is 0.649. The van der Waals surface area contributed by atoms with Gasteiger partial charge >= 0.3 is 0 Å². The van der Waals surface area contributed by atoms with Crippen molar-refractivity contribution in [3.05, 3.63) is 34.9 Å². The summed E-state index contributed by atoms with van der Waals surface area (Å²) in [4.78, 5) is 0. The Morgan fingerprint density at radius 3 is 2.64 bits per heavy atom. The summed E-state index contributed by atoms with van der Waals surface area (Å²) in [6, 6.07) is 6.47. The first-order valence-electron chi connectivity index (χ1n) is 5.16. The quantitative estimate of drug-likeness (QED) is 0.693. The molecule has 2 N–H and O–H groups in total. The molecule has 0 atom stereocenters. The molecule has 0 heterocycles. The Bertz CT molecular complexity index is 282. The zero-order valence-electron chi connectivity index (χ0n) is 9.35. The van der Waals surface area contributed by atoms with E-state index < -0.39 is 0 Å². The standard InChI is InChI=1S/C12H20N2/c1-10-5-4-6-12(11(10)2)9-14-8-7-13-3/h4-6,13-14H,7-9H2,1-3H3. The molecule has 14 heavy (non-hydrogen) atoms. The first-order valence-corrected chi connectivity index (χ1v) is 5.16. The van der Waals surface area contributed by atoms with Gasteiger partial charge in [0.2, 0.25) is 0 Å². The lowest BCUT2D eigenvalue weighted by atomic mass is 10.0. The Labute approximate surface area is 86.7 Å². The zero-order valence-corrected chi connectivity index (χ0v) is 9.35. The summed E-state index contributed by atoms with van der Waals surface area (Å²) < 4.78 is 0. The molecule has 0 aromatic heterocycles. The van der Waals surface area contributed by atoms with Crippen LogP contribution in [0.3, 0.4) is 0 Å². The molecule has 78 valence electrons. The van der Waals surface area contributed by atoms with Gasteiger partial charge in [0.15, 0.2) is 0 Å². The highest BCUT2D eigenvalue weighted by Crippen LogP contribution is 2.11. The summed E-state index contributed by atoms with van der Waals surface area (Å²) >= 11 is 0. The molecule has 0 aliphatic carbocycles. The minimum atomic E-state index is 0.967. The predicted octanol–water partition coefficient (Wildman–Crippen LogP) is 1.61. The van der Waals surface area contributed by atoms with E-state index in [0.717, 1.165) is 19.6 Å². The Morgan fingerprint density at radius 2 is 1.93 bits per heavy atom. The molecule has 1 rings (SSSR count). The summed E-state index contributed by atoms with van der Waals surface area (Å²) in [5, 5.41) is 6.53. The number of likely N-dealkylation sites (N-methyl/N-ethyl adjacent to an activating group) is 1. The van der Waals surface area contributed by atoms with Crippen LogP contribution in [0.15, 0.2) is 18.2 Å². The first kappa shape index (κ1) is 11.2. The fourth-order valence-corrected chi connectivity index (χ4v) is 1.44. The summed E-state index contributed by atoms with van der Waals surface area (Å²) in [6.07, 6.45) is 0. The fraction of sp³-hybridized carbons (Fsp3) is 0.500. The second-order valence-corrected chi connectivity index (χ2v) is 3.64. The largest absolute Gasteiger partial charge is 0.318 e. The molecule has 0 aliphatic heterocycles. The normalized spacial score (nSPS) is 10.5. The average molecular weight is 192 g/mol. The maximum Gasteiger partial charge on any atom is 0.0208 e. The molecule has 0 aliphatic rings. The van der Waals surface area contributed by atoms with E-state index in [1.807, 2.05) is 7.05 Å². The van der Waals surface area contributed by atoms with Crippen LogP contribution in [0.5, 0.6) is 0 Å². The van der Waals surface area contributed by atoms with Gasteiger partial charge in [-0.2, -0.15) is 0 Å². The Morgan fingerprint density at radius 1 is 1.14 bits per heavy atom. The number of benzene rings is 1. The SMILES string of the molecule is CNCCNCc1cccc(C)c1C. The summed E-state index contributed by atoms with van der Waals surface area (Å²) in [5.74, 6) is 0. The second-order valence-electron chi connectivity index (χ2n) is 3.64. The van der Waals surface area contributed by atoms with E-state index in [0.29, 0.717) is 0 Å². The van der Waals surface area contributed by atoms with E-state index >= 15 is 0 Å². The van der Waals surface area contributed by atoms with Crippen molar-refractivity contribution >= 4 is 0 Å². The van der Waals surface area contributed by atoms with Gasteiger partial charge in [0.1, 0.15) is 0 Å². The third kappa shape index (κ3) is 3.13. The van der Waals surface area contributed by atoms with Crippen LogP contribution in [0, 0.1) is 13.8 Å². The molecular weight excluding hydrogens is 172 g/mol. The van der Waals surface area contributed by atoms with Gasteiger partial charge in [0.05, 0.1) is 0 Å². The summed E-state index contributed by atoms with van der Waals surface area (Å²) in [6.45, 7) is 7.35. The van der Waals surface area contributed by atoms with Gasteiger partial charge in [-0.15, -0.1) is 0 Å². The number of aryl methyl sites for hydroxylation is 1. The Kier molecular flexibility index (Phi) is 4.63. The van der Waals surface area contributed by atoms with Crippen LogP contribution in [-0.2, 0) is 6.54 Å². The molecule has 0 bridgehead atoms. The van der Waals surface area contributed by atoms with Crippen LogP contribution >= 0.6 is 0 Å². The zero-order chi connectivity index (χ0) is 10.4. The molecule has 1 aromatic rings. The molecule has 0 radical (unpaired) electrons. The number of nitrogens with one attached hydrogen (secondary N) is 2. The number of hydrogen-bond donors (Lipinski definition) is 2. The lowest BCUT2D eigenvalue weighted by Crippen LogP contribution is -2.24.